The number of fused-ring (bicyclic) bond motifs is 6. The topological polar surface area (TPSA) is 111 Å². The maximum Gasteiger partial charge on any atom is 0.332 e. The van der Waals surface area contributed by atoms with Crippen molar-refractivity contribution in [2.24, 2.45) is 0 Å². The molecule has 3 atom stereocenters. The van der Waals surface area contributed by atoms with E-state index in [1.165, 1.54) is 17.2 Å². The lowest BCUT2D eigenvalue weighted by Gasteiger charge is -2.34. The van der Waals surface area contributed by atoms with Crippen molar-refractivity contribution in [3.63, 3.8) is 0 Å². The Labute approximate surface area is 176 Å². The maximum atomic E-state index is 13.5. The molecule has 2 bridgehead atoms. The van der Waals surface area contributed by atoms with Gasteiger partial charge in [-0.3, -0.25) is 9.59 Å². The fraction of sp³-hybridized carbons (Fsp3) is 0.227. The summed E-state index contributed by atoms with van der Waals surface area (Å²) in [6.07, 6.45) is 1.96. The lowest BCUT2D eigenvalue weighted by Crippen LogP contribution is -2.54. The third-order valence-corrected chi connectivity index (χ3v) is 6.44. The molecule has 0 N–H and O–H groups in total. The molecule has 31 heavy (non-hydrogen) atoms. The first kappa shape index (κ1) is 17.7. The van der Waals surface area contributed by atoms with Crippen molar-refractivity contribution in [3.05, 3.63) is 60.0 Å². The Hall–Kier alpha value is -4.19. The van der Waals surface area contributed by atoms with Gasteiger partial charge in [0, 0.05) is 23.4 Å². The molecule has 0 saturated carbocycles. The summed E-state index contributed by atoms with van der Waals surface area (Å²) >= 11 is 0. The van der Waals surface area contributed by atoms with Crippen molar-refractivity contribution in [2.45, 2.75) is 24.5 Å². The van der Waals surface area contributed by atoms with Crippen LogP contribution in [0.5, 0.6) is 0 Å². The summed E-state index contributed by atoms with van der Waals surface area (Å²) in [5.41, 5.74) is 0.925. The van der Waals surface area contributed by atoms with Crippen molar-refractivity contribution >= 4 is 34.3 Å². The summed E-state index contributed by atoms with van der Waals surface area (Å²) in [7, 11) is 0. The third-order valence-electron chi connectivity index (χ3n) is 6.44. The lowest BCUT2D eigenvalue weighted by molar-refractivity contribution is -0.121. The summed E-state index contributed by atoms with van der Waals surface area (Å²) in [5.74, 6) is -0.569. The van der Waals surface area contributed by atoms with E-state index in [1.807, 2.05) is 6.07 Å². The van der Waals surface area contributed by atoms with E-state index in [0.29, 0.717) is 35.0 Å². The van der Waals surface area contributed by atoms with Crippen LogP contribution < -0.4 is 4.90 Å². The first-order valence-corrected chi connectivity index (χ1v) is 9.90. The second-order valence-corrected chi connectivity index (χ2v) is 7.89. The van der Waals surface area contributed by atoms with Gasteiger partial charge >= 0.3 is 6.03 Å². The highest BCUT2D eigenvalue weighted by atomic mass is 16.5. The molecule has 3 aliphatic heterocycles. The quantitative estimate of drug-likeness (QED) is 0.595. The molecule has 0 aliphatic carbocycles. The van der Waals surface area contributed by atoms with Crippen LogP contribution in [0.15, 0.2) is 53.2 Å². The Morgan fingerprint density at radius 2 is 1.94 bits per heavy atom. The number of amides is 4. The molecular weight excluding hydrogens is 398 g/mol. The summed E-state index contributed by atoms with van der Waals surface area (Å²) in [6, 6.07) is 12.4. The van der Waals surface area contributed by atoms with Gasteiger partial charge in [-0.05, 0) is 18.6 Å². The number of rotatable bonds is 2. The van der Waals surface area contributed by atoms with Crippen LogP contribution in [-0.4, -0.2) is 57.5 Å². The molecular formula is C22H15N5O4. The minimum atomic E-state index is -0.729. The van der Waals surface area contributed by atoms with Gasteiger partial charge in [0.15, 0.2) is 0 Å². The number of benzene rings is 2. The predicted molar refractivity (Wildman–Crippen MR) is 107 cm³/mol. The smallest absolute Gasteiger partial charge is 0.332 e. The number of likely N-dealkylation sites (tertiary alicyclic amines) is 1. The second-order valence-electron chi connectivity index (χ2n) is 7.89. The molecule has 3 fully saturated rings. The summed E-state index contributed by atoms with van der Waals surface area (Å²) in [4.78, 5) is 44.0. The van der Waals surface area contributed by atoms with Crippen molar-refractivity contribution in [3.8, 4) is 6.07 Å². The van der Waals surface area contributed by atoms with Gasteiger partial charge in [0.05, 0.1) is 35.6 Å². The highest BCUT2D eigenvalue weighted by Crippen LogP contribution is 2.44. The van der Waals surface area contributed by atoms with Gasteiger partial charge in [0.25, 0.3) is 11.8 Å². The SMILES string of the molecule is N#Cc1ccc(N2C(=O)[C@@H]3C4CC(CN4C(=O)c4ccno4)N3C2=O)c2ccccc12. The predicted octanol–water partition coefficient (Wildman–Crippen LogP) is 2.13. The van der Waals surface area contributed by atoms with Crippen molar-refractivity contribution < 1.29 is 18.9 Å². The van der Waals surface area contributed by atoms with E-state index in [2.05, 4.69) is 11.2 Å². The molecule has 1 aromatic heterocycles. The Kier molecular flexibility index (Phi) is 3.50. The van der Waals surface area contributed by atoms with Crippen LogP contribution in [0, 0.1) is 11.3 Å². The molecule has 6 rings (SSSR count). The van der Waals surface area contributed by atoms with E-state index in [9.17, 15) is 19.6 Å². The summed E-state index contributed by atoms with van der Waals surface area (Å²) < 4.78 is 4.99. The van der Waals surface area contributed by atoms with Crippen LogP contribution in [0.3, 0.4) is 0 Å². The van der Waals surface area contributed by atoms with E-state index in [1.54, 1.807) is 40.1 Å². The maximum absolute atomic E-state index is 13.5. The third kappa shape index (κ3) is 2.24. The molecule has 2 aromatic carbocycles. The average Bonchev–Trinajstić information content (AvgIpc) is 3.57. The molecule has 3 aromatic rings. The Morgan fingerprint density at radius 1 is 1.13 bits per heavy atom. The van der Waals surface area contributed by atoms with Gasteiger partial charge in [-0.25, -0.2) is 9.69 Å². The van der Waals surface area contributed by atoms with Crippen LogP contribution in [0.4, 0.5) is 10.5 Å². The molecule has 0 radical (unpaired) electrons. The van der Waals surface area contributed by atoms with E-state index in [4.69, 9.17) is 4.52 Å². The molecule has 152 valence electrons. The molecule has 0 spiro atoms. The average molecular weight is 413 g/mol. The number of aromatic nitrogens is 1. The monoisotopic (exact) mass is 413 g/mol. The Balaban J connectivity index is 1.39. The van der Waals surface area contributed by atoms with E-state index >= 15 is 0 Å². The molecule has 9 heteroatoms. The first-order valence-electron chi connectivity index (χ1n) is 9.90. The minimum Gasteiger partial charge on any atom is -0.351 e. The van der Waals surface area contributed by atoms with E-state index in [-0.39, 0.29) is 29.6 Å². The first-order chi connectivity index (χ1) is 15.1. The zero-order valence-electron chi connectivity index (χ0n) is 16.1. The number of piperazine rings is 1. The number of carbonyl (C=O) groups is 3. The van der Waals surface area contributed by atoms with Crippen LogP contribution >= 0.6 is 0 Å². The zero-order valence-corrected chi connectivity index (χ0v) is 16.1. The van der Waals surface area contributed by atoms with Crippen LogP contribution in [-0.2, 0) is 4.79 Å². The van der Waals surface area contributed by atoms with Gasteiger partial charge in [-0.15, -0.1) is 0 Å². The normalized spacial score (nSPS) is 24.2. The number of hydrogen-bond donors (Lipinski definition) is 0. The van der Waals surface area contributed by atoms with E-state index < -0.39 is 12.1 Å². The number of carbonyl (C=O) groups excluding carboxylic acids is 3. The van der Waals surface area contributed by atoms with Crippen molar-refractivity contribution in [1.29, 1.82) is 5.26 Å². The van der Waals surface area contributed by atoms with Gasteiger partial charge in [0.2, 0.25) is 5.76 Å². The number of urea groups is 1. The van der Waals surface area contributed by atoms with Gasteiger partial charge in [-0.1, -0.05) is 29.4 Å². The highest BCUT2D eigenvalue weighted by molar-refractivity contribution is 6.25. The molecule has 3 saturated heterocycles. The molecule has 3 aliphatic rings. The number of nitrogens with zero attached hydrogens (tertiary/aromatic N) is 5. The van der Waals surface area contributed by atoms with Crippen LogP contribution in [0.1, 0.15) is 22.5 Å². The van der Waals surface area contributed by atoms with Gasteiger partial charge in [-0.2, -0.15) is 5.26 Å². The zero-order chi connectivity index (χ0) is 21.3. The Bertz CT molecular complexity index is 1310. The van der Waals surface area contributed by atoms with Crippen LogP contribution in [0.2, 0.25) is 0 Å². The highest BCUT2D eigenvalue weighted by Gasteiger charge is 2.63. The largest absolute Gasteiger partial charge is 0.351 e. The molecule has 2 unspecified atom stereocenters. The molecule has 4 amide bonds. The van der Waals surface area contributed by atoms with Gasteiger partial charge < -0.3 is 14.3 Å². The van der Waals surface area contributed by atoms with Crippen molar-refractivity contribution in [1.82, 2.24) is 15.0 Å². The number of imide groups is 1. The number of hydrogen-bond acceptors (Lipinski definition) is 6. The number of nitriles is 1. The second kappa shape index (κ2) is 6.15. The summed E-state index contributed by atoms with van der Waals surface area (Å²) in [6.45, 7) is 0.349. The van der Waals surface area contributed by atoms with Gasteiger partial charge in [0.1, 0.15) is 6.04 Å². The minimum absolute atomic E-state index is 0.116. The summed E-state index contributed by atoms with van der Waals surface area (Å²) in [5, 5.41) is 14.3. The molecule has 4 heterocycles. The fourth-order valence-corrected chi connectivity index (χ4v) is 5.16. The van der Waals surface area contributed by atoms with Crippen molar-refractivity contribution in [2.75, 3.05) is 11.4 Å². The lowest BCUT2D eigenvalue weighted by atomic mass is 10.0. The molecule has 9 nitrogen and oxygen atoms in total. The van der Waals surface area contributed by atoms with E-state index in [0.717, 1.165) is 0 Å². The van der Waals surface area contributed by atoms with Crippen LogP contribution in [0.25, 0.3) is 10.8 Å². The standard InChI is InChI=1S/C22H15N5O4/c23-10-12-5-6-16(15-4-2-1-3-14(12)15)27-21(29)19-17-9-13(26(19)22(27)30)11-25(17)20(28)18-7-8-24-31-18/h1-8,13,17,19H,9,11H2/t13?,17?,19-/m0/s1. The number of anilines is 1. The fourth-order valence-electron chi connectivity index (χ4n) is 5.16. The Morgan fingerprint density at radius 3 is 2.68 bits per heavy atom.